The molecular weight excluding hydrogens is 286 g/mol. The van der Waals surface area contributed by atoms with Crippen molar-refractivity contribution in [2.75, 3.05) is 39.3 Å². The first-order valence-corrected chi connectivity index (χ1v) is 8.03. The fourth-order valence-electron chi connectivity index (χ4n) is 3.27. The normalized spacial score (nSPS) is 23.5. The number of aryl methyl sites for hydroxylation is 1. The van der Waals surface area contributed by atoms with Crippen LogP contribution in [0, 0.1) is 6.92 Å². The van der Waals surface area contributed by atoms with E-state index in [0.717, 1.165) is 56.8 Å². The van der Waals surface area contributed by atoms with Crippen LogP contribution in [-0.2, 0) is 0 Å². The molecule has 2 heterocycles. The number of hydrogen-bond donors (Lipinski definition) is 1. The fraction of sp³-hybridized carbons (Fsp3) is 0.562. The molecule has 4 nitrogen and oxygen atoms in total. The van der Waals surface area contributed by atoms with E-state index < -0.39 is 0 Å². The van der Waals surface area contributed by atoms with Gasteiger partial charge in [0.1, 0.15) is 0 Å². The van der Waals surface area contributed by atoms with Crippen LogP contribution in [-0.4, -0.2) is 61.0 Å². The Morgan fingerprint density at radius 3 is 2.81 bits per heavy atom. The molecule has 2 aliphatic heterocycles. The molecule has 2 aliphatic rings. The van der Waals surface area contributed by atoms with E-state index in [2.05, 4.69) is 10.2 Å². The van der Waals surface area contributed by atoms with Crippen molar-refractivity contribution in [1.29, 1.82) is 0 Å². The van der Waals surface area contributed by atoms with Gasteiger partial charge in [0, 0.05) is 55.9 Å². The highest BCUT2D eigenvalue weighted by Crippen LogP contribution is 2.22. The van der Waals surface area contributed by atoms with Crippen molar-refractivity contribution < 1.29 is 4.79 Å². The third-order valence-electron chi connectivity index (χ3n) is 4.55. The first-order chi connectivity index (χ1) is 10.1. The summed E-state index contributed by atoms with van der Waals surface area (Å²) >= 11 is 6.03. The molecule has 1 aromatic carbocycles. The van der Waals surface area contributed by atoms with Crippen molar-refractivity contribution in [3.63, 3.8) is 0 Å². The Morgan fingerprint density at radius 2 is 2.05 bits per heavy atom. The number of carbonyl (C=O) groups excluding carboxylic acids is 1. The van der Waals surface area contributed by atoms with E-state index in [9.17, 15) is 4.79 Å². The monoisotopic (exact) mass is 307 g/mol. The summed E-state index contributed by atoms with van der Waals surface area (Å²) in [5.41, 5.74) is 1.73. The minimum Gasteiger partial charge on any atom is -0.337 e. The van der Waals surface area contributed by atoms with Gasteiger partial charge in [0.05, 0.1) is 0 Å². The van der Waals surface area contributed by atoms with E-state index in [1.165, 1.54) is 0 Å². The standard InChI is InChI=1S/C16H22ClN3O/c1-12-2-3-13(17)10-15(12)16(21)20-7-4-14(11-20)19-8-5-18-6-9-19/h2-3,10,14,18H,4-9,11H2,1H3. The molecule has 114 valence electrons. The lowest BCUT2D eigenvalue weighted by Gasteiger charge is -2.32. The number of piperazine rings is 1. The molecule has 0 spiro atoms. The third kappa shape index (κ3) is 3.23. The van der Waals surface area contributed by atoms with Crippen LogP contribution in [0.5, 0.6) is 0 Å². The lowest BCUT2D eigenvalue weighted by Crippen LogP contribution is -2.49. The smallest absolute Gasteiger partial charge is 0.254 e. The van der Waals surface area contributed by atoms with Crippen LogP contribution in [0.15, 0.2) is 18.2 Å². The zero-order valence-corrected chi connectivity index (χ0v) is 13.2. The molecule has 21 heavy (non-hydrogen) atoms. The summed E-state index contributed by atoms with van der Waals surface area (Å²) in [5, 5.41) is 4.00. The van der Waals surface area contributed by atoms with Crippen LogP contribution in [0.3, 0.4) is 0 Å². The Labute approximate surface area is 131 Å². The van der Waals surface area contributed by atoms with Crippen molar-refractivity contribution >= 4 is 17.5 Å². The van der Waals surface area contributed by atoms with E-state index in [4.69, 9.17) is 11.6 Å². The Hall–Kier alpha value is -1.10. The third-order valence-corrected chi connectivity index (χ3v) is 4.78. The molecule has 1 atom stereocenters. The lowest BCUT2D eigenvalue weighted by atomic mass is 10.1. The number of halogens is 1. The summed E-state index contributed by atoms with van der Waals surface area (Å²) in [6.07, 6.45) is 1.07. The van der Waals surface area contributed by atoms with Gasteiger partial charge >= 0.3 is 0 Å². The second kappa shape index (κ2) is 6.34. The number of amides is 1. The van der Waals surface area contributed by atoms with Gasteiger partial charge in [-0.3, -0.25) is 9.69 Å². The second-order valence-corrected chi connectivity index (χ2v) is 6.38. The van der Waals surface area contributed by atoms with Crippen molar-refractivity contribution in [2.24, 2.45) is 0 Å². The van der Waals surface area contributed by atoms with E-state index in [0.29, 0.717) is 11.1 Å². The maximum atomic E-state index is 12.7. The largest absolute Gasteiger partial charge is 0.337 e. The van der Waals surface area contributed by atoms with Crippen LogP contribution in [0.25, 0.3) is 0 Å². The van der Waals surface area contributed by atoms with Gasteiger partial charge in [-0.05, 0) is 31.0 Å². The lowest BCUT2D eigenvalue weighted by molar-refractivity contribution is 0.0773. The minimum atomic E-state index is 0.118. The van der Waals surface area contributed by atoms with Crippen LogP contribution in [0.1, 0.15) is 22.3 Å². The van der Waals surface area contributed by atoms with E-state index in [-0.39, 0.29) is 5.91 Å². The van der Waals surface area contributed by atoms with Crippen LogP contribution < -0.4 is 5.32 Å². The molecule has 0 aromatic heterocycles. The summed E-state index contributed by atoms with van der Waals surface area (Å²) in [5.74, 6) is 0.118. The molecule has 1 aromatic rings. The molecule has 1 amide bonds. The SMILES string of the molecule is Cc1ccc(Cl)cc1C(=O)N1CCC(N2CCNCC2)C1. The van der Waals surface area contributed by atoms with Crippen molar-refractivity contribution in [3.8, 4) is 0 Å². The highest BCUT2D eigenvalue weighted by atomic mass is 35.5. The number of nitrogens with one attached hydrogen (secondary N) is 1. The highest BCUT2D eigenvalue weighted by Gasteiger charge is 2.31. The fourth-order valence-corrected chi connectivity index (χ4v) is 3.44. The van der Waals surface area contributed by atoms with Crippen LogP contribution in [0.2, 0.25) is 5.02 Å². The van der Waals surface area contributed by atoms with Crippen molar-refractivity contribution in [2.45, 2.75) is 19.4 Å². The van der Waals surface area contributed by atoms with Gasteiger partial charge in [0.15, 0.2) is 0 Å². The predicted molar refractivity (Wildman–Crippen MR) is 84.9 cm³/mol. The zero-order valence-electron chi connectivity index (χ0n) is 12.4. The van der Waals surface area contributed by atoms with Gasteiger partial charge in [0.2, 0.25) is 0 Å². The molecule has 1 unspecified atom stereocenters. The van der Waals surface area contributed by atoms with Crippen molar-refractivity contribution in [1.82, 2.24) is 15.1 Å². The number of carbonyl (C=O) groups is 1. The van der Waals surface area contributed by atoms with E-state index in [1.807, 2.05) is 24.0 Å². The van der Waals surface area contributed by atoms with Crippen LogP contribution in [0.4, 0.5) is 0 Å². The summed E-state index contributed by atoms with van der Waals surface area (Å²) < 4.78 is 0. The Morgan fingerprint density at radius 1 is 1.29 bits per heavy atom. The van der Waals surface area contributed by atoms with Crippen molar-refractivity contribution in [3.05, 3.63) is 34.3 Å². The maximum absolute atomic E-state index is 12.7. The average molecular weight is 308 g/mol. The number of hydrogen-bond acceptors (Lipinski definition) is 3. The zero-order chi connectivity index (χ0) is 14.8. The average Bonchev–Trinajstić information content (AvgIpc) is 3.00. The topological polar surface area (TPSA) is 35.6 Å². The number of nitrogens with zero attached hydrogens (tertiary/aromatic N) is 2. The summed E-state index contributed by atoms with van der Waals surface area (Å²) in [6, 6.07) is 6.05. The summed E-state index contributed by atoms with van der Waals surface area (Å²) in [4.78, 5) is 17.2. The number of likely N-dealkylation sites (tertiary alicyclic amines) is 1. The Bertz CT molecular complexity index is 528. The molecule has 0 aliphatic carbocycles. The quantitative estimate of drug-likeness (QED) is 0.904. The molecule has 5 heteroatoms. The Balaban J connectivity index is 1.67. The molecule has 0 saturated carbocycles. The molecule has 0 radical (unpaired) electrons. The predicted octanol–water partition coefficient (Wildman–Crippen LogP) is 1.77. The number of benzene rings is 1. The van der Waals surface area contributed by atoms with E-state index >= 15 is 0 Å². The maximum Gasteiger partial charge on any atom is 0.254 e. The second-order valence-electron chi connectivity index (χ2n) is 5.94. The molecule has 0 bridgehead atoms. The molecule has 2 saturated heterocycles. The Kier molecular flexibility index (Phi) is 4.48. The molecule has 3 rings (SSSR count). The molecular formula is C16H22ClN3O. The minimum absolute atomic E-state index is 0.118. The highest BCUT2D eigenvalue weighted by molar-refractivity contribution is 6.31. The first-order valence-electron chi connectivity index (χ1n) is 7.65. The number of rotatable bonds is 2. The first kappa shape index (κ1) is 14.8. The summed E-state index contributed by atoms with van der Waals surface area (Å²) in [6.45, 7) is 7.93. The van der Waals surface area contributed by atoms with Crippen LogP contribution >= 0.6 is 11.6 Å². The molecule has 1 N–H and O–H groups in total. The van der Waals surface area contributed by atoms with Gasteiger partial charge in [-0.15, -0.1) is 0 Å². The van der Waals surface area contributed by atoms with Gasteiger partial charge in [-0.2, -0.15) is 0 Å². The van der Waals surface area contributed by atoms with Gasteiger partial charge < -0.3 is 10.2 Å². The molecule has 2 fully saturated rings. The summed E-state index contributed by atoms with van der Waals surface area (Å²) in [7, 11) is 0. The van der Waals surface area contributed by atoms with Gasteiger partial charge in [0.25, 0.3) is 5.91 Å². The van der Waals surface area contributed by atoms with E-state index in [1.54, 1.807) is 6.07 Å². The van der Waals surface area contributed by atoms with Gasteiger partial charge in [-0.25, -0.2) is 0 Å². The van der Waals surface area contributed by atoms with Gasteiger partial charge in [-0.1, -0.05) is 17.7 Å².